The highest BCUT2D eigenvalue weighted by atomic mass is 16.3. The van der Waals surface area contributed by atoms with E-state index in [1.54, 1.807) is 18.2 Å². The van der Waals surface area contributed by atoms with E-state index in [9.17, 15) is 9.90 Å². The summed E-state index contributed by atoms with van der Waals surface area (Å²) in [7, 11) is 0. The summed E-state index contributed by atoms with van der Waals surface area (Å²) in [6, 6.07) is 5.40. The van der Waals surface area contributed by atoms with Crippen molar-refractivity contribution in [3.63, 3.8) is 0 Å². The number of phenols is 1. The topological polar surface area (TPSA) is 87.1 Å². The molecule has 0 heterocycles. The molecule has 3 N–H and O–H groups in total. The lowest BCUT2D eigenvalue weighted by atomic mass is 9.78. The highest BCUT2D eigenvalue weighted by Crippen LogP contribution is 2.40. The fourth-order valence-electron chi connectivity index (χ4n) is 2.21. The second kappa shape index (κ2) is 5.84. The number of aromatic hydroxyl groups is 1. The van der Waals surface area contributed by atoms with Crippen molar-refractivity contribution < 1.29 is 9.90 Å². The Hall–Kier alpha value is -2.28. The Morgan fingerprint density at radius 1 is 1.14 bits per heavy atom. The number of amides is 1. The zero-order valence-corrected chi connectivity index (χ0v) is 14.1. The summed E-state index contributed by atoms with van der Waals surface area (Å²) in [4.78, 5) is 11.2. The van der Waals surface area contributed by atoms with Crippen LogP contribution in [0.25, 0.3) is 6.08 Å². The van der Waals surface area contributed by atoms with Gasteiger partial charge in [-0.25, -0.2) is 0 Å². The number of nitriles is 1. The first kappa shape index (κ1) is 17.8. The van der Waals surface area contributed by atoms with E-state index in [4.69, 9.17) is 11.0 Å². The zero-order valence-electron chi connectivity index (χ0n) is 14.1. The van der Waals surface area contributed by atoms with Gasteiger partial charge in [0.15, 0.2) is 0 Å². The molecule has 0 radical (unpaired) electrons. The van der Waals surface area contributed by atoms with Gasteiger partial charge < -0.3 is 10.8 Å². The van der Waals surface area contributed by atoms with Crippen LogP contribution in [0.4, 0.5) is 0 Å². The van der Waals surface area contributed by atoms with Crippen LogP contribution in [-0.2, 0) is 15.6 Å². The minimum atomic E-state index is -0.759. The number of primary amides is 1. The second-order valence-corrected chi connectivity index (χ2v) is 7.50. The average Bonchev–Trinajstić information content (AvgIpc) is 2.34. The molecule has 0 atom stereocenters. The molecule has 0 saturated carbocycles. The molecule has 4 nitrogen and oxygen atoms in total. The van der Waals surface area contributed by atoms with Gasteiger partial charge in [0.25, 0.3) is 5.91 Å². The number of benzene rings is 1. The number of carbonyl (C=O) groups excluding carboxylic acids is 1. The molecule has 0 aromatic heterocycles. The predicted molar refractivity (Wildman–Crippen MR) is 88.3 cm³/mol. The van der Waals surface area contributed by atoms with Crippen LogP contribution < -0.4 is 5.73 Å². The van der Waals surface area contributed by atoms with E-state index in [1.165, 1.54) is 6.08 Å². The molecule has 1 rings (SSSR count). The lowest BCUT2D eigenvalue weighted by Crippen LogP contribution is -2.17. The first-order chi connectivity index (χ1) is 9.87. The van der Waals surface area contributed by atoms with Gasteiger partial charge in [-0.2, -0.15) is 5.26 Å². The summed E-state index contributed by atoms with van der Waals surface area (Å²) in [5.41, 5.74) is 6.77. The molecule has 0 bridgehead atoms. The van der Waals surface area contributed by atoms with Crippen LogP contribution >= 0.6 is 0 Å². The normalized spacial score (nSPS) is 12.9. The van der Waals surface area contributed by atoms with E-state index in [-0.39, 0.29) is 22.2 Å². The minimum Gasteiger partial charge on any atom is -0.507 e. The molecule has 118 valence electrons. The van der Waals surface area contributed by atoms with E-state index >= 15 is 0 Å². The molecule has 1 amide bonds. The molecular weight excluding hydrogens is 276 g/mol. The Labute approximate surface area is 132 Å². The van der Waals surface area contributed by atoms with Crippen LogP contribution in [0.2, 0.25) is 0 Å². The summed E-state index contributed by atoms with van der Waals surface area (Å²) >= 11 is 0. The number of hydrogen-bond acceptors (Lipinski definition) is 3. The van der Waals surface area contributed by atoms with Crippen molar-refractivity contribution in [3.8, 4) is 11.8 Å². The third-order valence-corrected chi connectivity index (χ3v) is 3.45. The van der Waals surface area contributed by atoms with Gasteiger partial charge in [-0.1, -0.05) is 41.5 Å². The molecule has 0 unspecified atom stereocenters. The van der Waals surface area contributed by atoms with Crippen LogP contribution in [0.1, 0.15) is 58.2 Å². The van der Waals surface area contributed by atoms with Crippen molar-refractivity contribution in [1.29, 1.82) is 5.26 Å². The summed E-state index contributed by atoms with van der Waals surface area (Å²) in [5.74, 6) is -0.500. The molecule has 0 saturated heterocycles. The van der Waals surface area contributed by atoms with Gasteiger partial charge in [0, 0.05) is 11.1 Å². The van der Waals surface area contributed by atoms with Gasteiger partial charge in [-0.3, -0.25) is 4.79 Å². The summed E-state index contributed by atoms with van der Waals surface area (Å²) in [6.45, 7) is 12.0. The van der Waals surface area contributed by atoms with Gasteiger partial charge in [0.2, 0.25) is 0 Å². The predicted octanol–water partition coefficient (Wildman–Crippen LogP) is 3.38. The third-order valence-electron chi connectivity index (χ3n) is 3.45. The maximum Gasteiger partial charge on any atom is 0.259 e. The quantitative estimate of drug-likeness (QED) is 0.648. The fraction of sp³-hybridized carbons (Fsp3) is 0.444. The van der Waals surface area contributed by atoms with E-state index in [1.807, 2.05) is 41.5 Å². The van der Waals surface area contributed by atoms with Crippen molar-refractivity contribution in [2.75, 3.05) is 0 Å². The summed E-state index contributed by atoms with van der Waals surface area (Å²) < 4.78 is 0. The molecule has 0 aliphatic carbocycles. The minimum absolute atomic E-state index is 0.106. The lowest BCUT2D eigenvalue weighted by molar-refractivity contribution is -0.114. The van der Waals surface area contributed by atoms with Crippen LogP contribution in [0.3, 0.4) is 0 Å². The standard InChI is InChI=1S/C18H24N2O2/c1-17(2,3)13-8-11(7-12(10-19)16(20)22)9-14(15(13)21)18(4,5)6/h7-9,21H,1-6H3,(H2,20,22)/b12-7-. The van der Waals surface area contributed by atoms with Gasteiger partial charge in [0.05, 0.1) is 0 Å². The fourth-order valence-corrected chi connectivity index (χ4v) is 2.21. The molecule has 0 spiro atoms. The molecule has 22 heavy (non-hydrogen) atoms. The van der Waals surface area contributed by atoms with E-state index in [0.717, 1.165) is 11.1 Å². The van der Waals surface area contributed by atoms with E-state index < -0.39 is 5.91 Å². The summed E-state index contributed by atoms with van der Waals surface area (Å²) in [6.07, 6.45) is 1.46. The number of nitrogens with zero attached hydrogens (tertiary/aromatic N) is 1. The van der Waals surface area contributed by atoms with Gasteiger partial charge >= 0.3 is 0 Å². The maximum atomic E-state index is 11.2. The van der Waals surface area contributed by atoms with Gasteiger partial charge in [-0.15, -0.1) is 0 Å². The van der Waals surface area contributed by atoms with Crippen LogP contribution in [0.15, 0.2) is 17.7 Å². The van der Waals surface area contributed by atoms with Crippen LogP contribution in [0, 0.1) is 11.3 Å². The smallest absolute Gasteiger partial charge is 0.259 e. The van der Waals surface area contributed by atoms with Crippen molar-refractivity contribution in [3.05, 3.63) is 34.4 Å². The average molecular weight is 300 g/mol. The number of rotatable bonds is 2. The Bertz CT molecular complexity index is 631. The van der Waals surface area contributed by atoms with E-state index in [2.05, 4.69) is 0 Å². The molecule has 0 fully saturated rings. The molecule has 0 aliphatic rings. The van der Waals surface area contributed by atoms with Gasteiger partial charge in [0.1, 0.15) is 17.4 Å². The zero-order chi connectivity index (χ0) is 17.3. The number of carbonyl (C=O) groups is 1. The highest BCUT2D eigenvalue weighted by Gasteiger charge is 2.26. The van der Waals surface area contributed by atoms with Crippen molar-refractivity contribution in [1.82, 2.24) is 0 Å². The maximum absolute atomic E-state index is 11.2. The van der Waals surface area contributed by atoms with Crippen molar-refractivity contribution in [2.24, 2.45) is 5.73 Å². The number of hydrogen-bond donors (Lipinski definition) is 2. The summed E-state index contributed by atoms with van der Waals surface area (Å²) in [5, 5.41) is 19.6. The third kappa shape index (κ3) is 3.88. The van der Waals surface area contributed by atoms with E-state index in [0.29, 0.717) is 5.56 Å². The Morgan fingerprint density at radius 2 is 1.55 bits per heavy atom. The Balaban J connectivity index is 3.70. The largest absolute Gasteiger partial charge is 0.507 e. The second-order valence-electron chi connectivity index (χ2n) is 7.50. The first-order valence-corrected chi connectivity index (χ1v) is 7.17. The SMILES string of the molecule is CC(C)(C)c1cc(/C=C(/C#N)C(N)=O)cc(C(C)(C)C)c1O. The number of phenolic OH excluding ortho intramolecular Hbond substituents is 1. The van der Waals surface area contributed by atoms with Crippen LogP contribution in [-0.4, -0.2) is 11.0 Å². The van der Waals surface area contributed by atoms with Gasteiger partial charge in [-0.05, 0) is 34.6 Å². The molecular formula is C18H24N2O2. The molecule has 1 aromatic carbocycles. The van der Waals surface area contributed by atoms with Crippen molar-refractivity contribution in [2.45, 2.75) is 52.4 Å². The molecule has 4 heteroatoms. The van der Waals surface area contributed by atoms with Crippen LogP contribution in [0.5, 0.6) is 5.75 Å². The van der Waals surface area contributed by atoms with Crippen molar-refractivity contribution >= 4 is 12.0 Å². The monoisotopic (exact) mass is 300 g/mol. The Morgan fingerprint density at radius 3 is 1.82 bits per heavy atom. The highest BCUT2D eigenvalue weighted by molar-refractivity contribution is 6.00. The molecule has 0 aliphatic heterocycles. The first-order valence-electron chi connectivity index (χ1n) is 7.17. The Kier molecular flexibility index (Phi) is 4.72. The lowest BCUT2D eigenvalue weighted by Gasteiger charge is -2.27. The molecule has 1 aromatic rings. The number of nitrogens with two attached hydrogens (primary N) is 1.